The van der Waals surface area contributed by atoms with E-state index in [-0.39, 0.29) is 30.6 Å². The molecule has 0 saturated heterocycles. The molecule has 2 unspecified atom stereocenters. The number of amides is 1. The van der Waals surface area contributed by atoms with Crippen molar-refractivity contribution in [2.24, 2.45) is 5.92 Å². The molecule has 1 heterocycles. The van der Waals surface area contributed by atoms with Crippen molar-refractivity contribution in [2.45, 2.75) is 31.4 Å². The molecule has 1 amide bonds. The Morgan fingerprint density at radius 3 is 2.72 bits per heavy atom. The monoisotopic (exact) mass is 339 g/mol. The van der Waals surface area contributed by atoms with Crippen LogP contribution in [0, 0.1) is 5.92 Å². The van der Waals surface area contributed by atoms with E-state index in [9.17, 15) is 9.90 Å². The number of carbonyl (C=O) groups excluding carboxylic acids is 1. The second kappa shape index (κ2) is 6.41. The van der Waals surface area contributed by atoms with Crippen molar-refractivity contribution >= 4 is 5.91 Å². The van der Waals surface area contributed by atoms with Crippen molar-refractivity contribution in [1.82, 2.24) is 5.32 Å². The first-order valence-corrected chi connectivity index (χ1v) is 8.56. The van der Waals surface area contributed by atoms with Gasteiger partial charge in [0.2, 0.25) is 12.7 Å². The van der Waals surface area contributed by atoms with Gasteiger partial charge in [0.05, 0.1) is 12.1 Å². The average Bonchev–Trinajstić information content (AvgIpc) is 3.31. The summed E-state index contributed by atoms with van der Waals surface area (Å²) in [6.45, 7) is 2.01. The van der Waals surface area contributed by atoms with Crippen LogP contribution < -0.4 is 14.8 Å². The summed E-state index contributed by atoms with van der Waals surface area (Å²) in [5.74, 6) is 1.59. The highest BCUT2D eigenvalue weighted by Crippen LogP contribution is 2.47. The predicted octanol–water partition coefficient (Wildman–Crippen LogP) is 2.76. The highest BCUT2D eigenvalue weighted by atomic mass is 16.7. The molecular formula is C20H21NO4. The maximum atomic E-state index is 12.5. The van der Waals surface area contributed by atoms with Gasteiger partial charge >= 0.3 is 0 Å². The fourth-order valence-electron chi connectivity index (χ4n) is 3.35. The second-order valence-corrected chi connectivity index (χ2v) is 6.71. The Hall–Kier alpha value is -2.53. The highest BCUT2D eigenvalue weighted by Gasteiger charge is 2.44. The van der Waals surface area contributed by atoms with Gasteiger partial charge in [0, 0.05) is 5.92 Å². The molecule has 1 fully saturated rings. The predicted molar refractivity (Wildman–Crippen MR) is 92.4 cm³/mol. The maximum absolute atomic E-state index is 12.5. The molecule has 5 heteroatoms. The molecule has 2 aliphatic rings. The molecule has 0 bridgehead atoms. The van der Waals surface area contributed by atoms with Gasteiger partial charge in [0.1, 0.15) is 0 Å². The Labute approximate surface area is 146 Å². The first-order chi connectivity index (χ1) is 12.1. The lowest BCUT2D eigenvalue weighted by Crippen LogP contribution is -2.38. The summed E-state index contributed by atoms with van der Waals surface area (Å²) in [6.07, 6.45) is 0.0650. The van der Waals surface area contributed by atoms with Gasteiger partial charge in [-0.15, -0.1) is 0 Å². The number of aliphatic hydroxyl groups excluding tert-OH is 1. The minimum absolute atomic E-state index is 0.00106. The van der Waals surface area contributed by atoms with E-state index in [0.717, 1.165) is 6.42 Å². The maximum Gasteiger partial charge on any atom is 0.231 e. The molecule has 0 aromatic heterocycles. The minimum atomic E-state index is -0.799. The van der Waals surface area contributed by atoms with Crippen LogP contribution >= 0.6 is 0 Å². The van der Waals surface area contributed by atoms with Crippen molar-refractivity contribution in [1.29, 1.82) is 0 Å². The molecule has 1 aliphatic heterocycles. The Morgan fingerprint density at radius 1 is 1.16 bits per heavy atom. The fourth-order valence-corrected chi connectivity index (χ4v) is 3.35. The lowest BCUT2D eigenvalue weighted by atomic mass is 10.0. The number of hydrogen-bond acceptors (Lipinski definition) is 4. The largest absolute Gasteiger partial charge is 0.454 e. The van der Waals surface area contributed by atoms with Gasteiger partial charge in [-0.25, -0.2) is 0 Å². The number of fused-ring (bicyclic) bond motifs is 1. The van der Waals surface area contributed by atoms with E-state index in [4.69, 9.17) is 9.47 Å². The Kier molecular flexibility index (Phi) is 4.09. The summed E-state index contributed by atoms with van der Waals surface area (Å²) in [5, 5.41) is 13.5. The Bertz CT molecular complexity index is 777. The van der Waals surface area contributed by atoms with Gasteiger partial charge in [-0.3, -0.25) is 4.79 Å². The molecule has 2 aromatic carbocycles. The van der Waals surface area contributed by atoms with E-state index in [1.807, 2.05) is 25.1 Å². The first-order valence-electron chi connectivity index (χ1n) is 8.56. The third-order valence-corrected chi connectivity index (χ3v) is 4.94. The van der Waals surface area contributed by atoms with Crippen LogP contribution in [-0.4, -0.2) is 23.8 Å². The zero-order valence-corrected chi connectivity index (χ0v) is 14.0. The van der Waals surface area contributed by atoms with Crippen molar-refractivity contribution in [2.75, 3.05) is 6.79 Å². The number of nitrogens with one attached hydrogen (secondary N) is 1. The number of benzene rings is 2. The number of carbonyl (C=O) groups is 1. The third-order valence-electron chi connectivity index (χ3n) is 4.94. The molecule has 4 atom stereocenters. The summed E-state index contributed by atoms with van der Waals surface area (Å²) in [5.41, 5.74) is 1.90. The molecule has 2 aromatic rings. The average molecular weight is 339 g/mol. The molecule has 4 rings (SSSR count). The number of ether oxygens (including phenoxy) is 2. The van der Waals surface area contributed by atoms with Crippen LogP contribution in [0.15, 0.2) is 48.5 Å². The van der Waals surface area contributed by atoms with Gasteiger partial charge in [-0.05, 0) is 42.5 Å². The summed E-state index contributed by atoms with van der Waals surface area (Å²) in [7, 11) is 0. The first kappa shape index (κ1) is 16.0. The molecule has 2 N–H and O–H groups in total. The summed E-state index contributed by atoms with van der Waals surface area (Å²) >= 11 is 0. The summed E-state index contributed by atoms with van der Waals surface area (Å²) in [4.78, 5) is 12.5. The van der Waals surface area contributed by atoms with Crippen molar-refractivity contribution in [3.8, 4) is 11.5 Å². The Balaban J connectivity index is 1.37. The van der Waals surface area contributed by atoms with E-state index in [0.29, 0.717) is 17.1 Å². The van der Waals surface area contributed by atoms with Gasteiger partial charge in [-0.1, -0.05) is 36.4 Å². The Morgan fingerprint density at radius 2 is 1.92 bits per heavy atom. The van der Waals surface area contributed by atoms with Crippen LogP contribution in [0.4, 0.5) is 0 Å². The van der Waals surface area contributed by atoms with Crippen LogP contribution in [0.1, 0.15) is 36.5 Å². The topological polar surface area (TPSA) is 67.8 Å². The zero-order valence-electron chi connectivity index (χ0n) is 14.0. The molecule has 1 aliphatic carbocycles. The van der Waals surface area contributed by atoms with E-state index in [1.165, 1.54) is 5.56 Å². The zero-order chi connectivity index (χ0) is 17.4. The van der Waals surface area contributed by atoms with Crippen LogP contribution in [0.2, 0.25) is 0 Å². The van der Waals surface area contributed by atoms with Gasteiger partial charge in [0.25, 0.3) is 0 Å². The highest BCUT2D eigenvalue weighted by molar-refractivity contribution is 5.83. The lowest BCUT2D eigenvalue weighted by molar-refractivity contribution is -0.123. The lowest BCUT2D eigenvalue weighted by Gasteiger charge is -2.21. The van der Waals surface area contributed by atoms with Crippen LogP contribution in [0.5, 0.6) is 11.5 Å². The number of rotatable bonds is 5. The van der Waals surface area contributed by atoms with Crippen molar-refractivity contribution < 1.29 is 19.4 Å². The van der Waals surface area contributed by atoms with E-state index < -0.39 is 6.10 Å². The molecule has 25 heavy (non-hydrogen) atoms. The molecule has 0 spiro atoms. The standard InChI is InChI=1S/C20H21NO4/c1-12(19(22)14-7-8-17-18(9-14)25-11-24-17)21-20(23)16-10-15(16)13-5-3-2-4-6-13/h2-9,12,15-16,19,22H,10-11H2,1H3,(H,21,23)/t12-,15?,16?,19-/m0/s1. The van der Waals surface area contributed by atoms with Gasteiger partial charge < -0.3 is 19.9 Å². The number of hydrogen-bond donors (Lipinski definition) is 2. The second-order valence-electron chi connectivity index (χ2n) is 6.71. The molecule has 130 valence electrons. The van der Waals surface area contributed by atoms with Crippen molar-refractivity contribution in [3.63, 3.8) is 0 Å². The SMILES string of the molecule is C[C@H](NC(=O)C1CC1c1ccccc1)[C@H](O)c1ccc2c(c1)OCO2. The molecule has 5 nitrogen and oxygen atoms in total. The quantitative estimate of drug-likeness (QED) is 0.879. The van der Waals surface area contributed by atoms with Gasteiger partial charge in [-0.2, -0.15) is 0 Å². The van der Waals surface area contributed by atoms with E-state index in [1.54, 1.807) is 18.2 Å². The fraction of sp³-hybridized carbons (Fsp3) is 0.350. The smallest absolute Gasteiger partial charge is 0.231 e. The van der Waals surface area contributed by atoms with Crippen LogP contribution in [0.3, 0.4) is 0 Å². The third kappa shape index (κ3) is 3.20. The van der Waals surface area contributed by atoms with E-state index in [2.05, 4.69) is 17.4 Å². The molecule has 0 radical (unpaired) electrons. The summed E-state index contributed by atoms with van der Waals surface area (Å²) < 4.78 is 10.6. The van der Waals surface area contributed by atoms with Crippen molar-refractivity contribution in [3.05, 3.63) is 59.7 Å². The minimum Gasteiger partial charge on any atom is -0.454 e. The van der Waals surface area contributed by atoms with Crippen LogP contribution in [0.25, 0.3) is 0 Å². The molecule has 1 saturated carbocycles. The normalized spacial score (nSPS) is 23.0. The van der Waals surface area contributed by atoms with E-state index >= 15 is 0 Å². The number of aliphatic hydroxyl groups is 1. The van der Waals surface area contributed by atoms with Gasteiger partial charge in [0.15, 0.2) is 11.5 Å². The summed E-state index contributed by atoms with van der Waals surface area (Å²) in [6, 6.07) is 15.0. The molecular weight excluding hydrogens is 318 g/mol. The van der Waals surface area contributed by atoms with Crippen LogP contribution in [-0.2, 0) is 4.79 Å².